The minimum absolute atomic E-state index is 0.966. The lowest BCUT2D eigenvalue weighted by Gasteiger charge is -2.37. The van der Waals surface area contributed by atoms with Gasteiger partial charge in [0.1, 0.15) is 6.33 Å². The minimum Gasteiger partial charge on any atom is -0.366 e. The molecule has 1 N–H and O–H groups in total. The number of aromatic amines is 1. The summed E-state index contributed by atoms with van der Waals surface area (Å²) in [6.07, 6.45) is 5.38. The van der Waals surface area contributed by atoms with Crippen LogP contribution in [-0.4, -0.2) is 46.3 Å². The number of anilines is 2. The van der Waals surface area contributed by atoms with E-state index in [1.54, 1.807) is 6.33 Å². The molecule has 0 radical (unpaired) electrons. The van der Waals surface area contributed by atoms with Gasteiger partial charge in [0.25, 0.3) is 0 Å². The van der Waals surface area contributed by atoms with E-state index in [-0.39, 0.29) is 0 Å². The summed E-state index contributed by atoms with van der Waals surface area (Å²) in [5.74, 6) is 0. The van der Waals surface area contributed by atoms with Crippen molar-refractivity contribution in [2.75, 3.05) is 36.0 Å². The van der Waals surface area contributed by atoms with Crippen LogP contribution in [-0.2, 0) is 0 Å². The van der Waals surface area contributed by atoms with Gasteiger partial charge in [-0.05, 0) is 12.1 Å². The second-order valence-corrected chi connectivity index (χ2v) is 6.32. The van der Waals surface area contributed by atoms with Crippen molar-refractivity contribution in [2.45, 2.75) is 0 Å². The predicted molar refractivity (Wildman–Crippen MR) is 100 cm³/mol. The fraction of sp³-hybridized carbons (Fsp3) is 0.211. The maximum Gasteiger partial charge on any atom is 0.116 e. The highest BCUT2D eigenvalue weighted by atomic mass is 15.3. The van der Waals surface area contributed by atoms with Gasteiger partial charge in [-0.25, -0.2) is 9.97 Å². The summed E-state index contributed by atoms with van der Waals surface area (Å²) < 4.78 is 0. The fourth-order valence-corrected chi connectivity index (χ4v) is 3.66. The molecule has 1 aliphatic rings. The number of benzene rings is 2. The van der Waals surface area contributed by atoms with Crippen LogP contribution in [0.15, 0.2) is 55.1 Å². The van der Waals surface area contributed by atoms with Crippen LogP contribution < -0.4 is 9.80 Å². The molecule has 0 bridgehead atoms. The fourth-order valence-electron chi connectivity index (χ4n) is 3.66. The average Bonchev–Trinajstić information content (AvgIpc) is 3.17. The molecule has 6 heteroatoms. The number of nitrogens with zero attached hydrogens (tertiary/aromatic N) is 5. The number of H-pyrrole nitrogens is 1. The predicted octanol–water partition coefficient (Wildman–Crippen LogP) is 2.83. The van der Waals surface area contributed by atoms with Gasteiger partial charge < -0.3 is 9.80 Å². The number of rotatable bonds is 2. The van der Waals surface area contributed by atoms with E-state index in [1.807, 2.05) is 12.4 Å². The molecule has 2 aromatic heterocycles. The second-order valence-electron chi connectivity index (χ2n) is 6.32. The molecule has 0 unspecified atom stereocenters. The van der Waals surface area contributed by atoms with Gasteiger partial charge in [0.15, 0.2) is 0 Å². The SMILES string of the molecule is c1cc(N2CCN(c3cccc4cn[nH]c34)CC2)c2ncncc2c1. The minimum atomic E-state index is 0.966. The van der Waals surface area contributed by atoms with E-state index >= 15 is 0 Å². The van der Waals surface area contributed by atoms with Crippen LogP contribution in [0.1, 0.15) is 0 Å². The summed E-state index contributed by atoms with van der Waals surface area (Å²) in [6.45, 7) is 3.88. The molecule has 6 nitrogen and oxygen atoms in total. The summed E-state index contributed by atoms with van der Waals surface area (Å²) in [6, 6.07) is 12.7. The van der Waals surface area contributed by atoms with Crippen LogP contribution in [0.25, 0.3) is 21.8 Å². The van der Waals surface area contributed by atoms with Crippen molar-refractivity contribution < 1.29 is 0 Å². The van der Waals surface area contributed by atoms with Crippen molar-refractivity contribution in [1.29, 1.82) is 0 Å². The first-order valence-electron chi connectivity index (χ1n) is 8.51. The number of hydrogen-bond acceptors (Lipinski definition) is 5. The zero-order valence-corrected chi connectivity index (χ0v) is 13.8. The Bertz CT molecular complexity index is 1030. The molecule has 4 aromatic rings. The van der Waals surface area contributed by atoms with Crippen molar-refractivity contribution in [3.05, 3.63) is 55.1 Å². The number of para-hydroxylation sites is 2. The van der Waals surface area contributed by atoms with Crippen molar-refractivity contribution in [3.8, 4) is 0 Å². The standard InChI is InChI=1S/C19H18N6/c1-3-14-11-20-13-21-18(14)16(5-1)24-7-9-25(10-8-24)17-6-2-4-15-12-22-23-19(15)17/h1-6,11-13H,7-10H2,(H,22,23). The molecule has 1 saturated heterocycles. The summed E-state index contributed by atoms with van der Waals surface area (Å²) in [4.78, 5) is 13.5. The lowest BCUT2D eigenvalue weighted by atomic mass is 10.1. The van der Waals surface area contributed by atoms with E-state index in [0.29, 0.717) is 0 Å². The van der Waals surface area contributed by atoms with Crippen LogP contribution in [0, 0.1) is 0 Å². The van der Waals surface area contributed by atoms with Gasteiger partial charge in [0, 0.05) is 43.1 Å². The third-order valence-electron chi connectivity index (χ3n) is 4.93. The van der Waals surface area contributed by atoms with Crippen LogP contribution in [0.4, 0.5) is 11.4 Å². The zero-order chi connectivity index (χ0) is 16.6. The number of hydrogen-bond donors (Lipinski definition) is 1. The quantitative estimate of drug-likeness (QED) is 0.612. The molecule has 25 heavy (non-hydrogen) atoms. The van der Waals surface area contributed by atoms with Gasteiger partial charge in [-0.2, -0.15) is 5.10 Å². The van der Waals surface area contributed by atoms with E-state index in [9.17, 15) is 0 Å². The molecule has 0 saturated carbocycles. The smallest absolute Gasteiger partial charge is 0.116 e. The van der Waals surface area contributed by atoms with Crippen LogP contribution in [0.2, 0.25) is 0 Å². The Hall–Kier alpha value is -3.15. The topological polar surface area (TPSA) is 60.9 Å². The van der Waals surface area contributed by atoms with Gasteiger partial charge in [-0.1, -0.05) is 24.3 Å². The zero-order valence-electron chi connectivity index (χ0n) is 13.8. The molecule has 1 fully saturated rings. The first-order valence-corrected chi connectivity index (χ1v) is 8.51. The number of piperazine rings is 1. The number of fused-ring (bicyclic) bond motifs is 2. The molecule has 0 aliphatic carbocycles. The molecule has 0 atom stereocenters. The largest absolute Gasteiger partial charge is 0.366 e. The lowest BCUT2D eigenvalue weighted by molar-refractivity contribution is 0.656. The molecule has 2 aromatic carbocycles. The maximum atomic E-state index is 4.49. The Morgan fingerprint density at radius 2 is 1.52 bits per heavy atom. The highest BCUT2D eigenvalue weighted by molar-refractivity contribution is 5.91. The second kappa shape index (κ2) is 5.73. The highest BCUT2D eigenvalue weighted by Gasteiger charge is 2.21. The third kappa shape index (κ3) is 2.38. The van der Waals surface area contributed by atoms with E-state index < -0.39 is 0 Å². The summed E-state index contributed by atoms with van der Waals surface area (Å²) in [7, 11) is 0. The molecule has 124 valence electrons. The van der Waals surface area contributed by atoms with E-state index in [2.05, 4.69) is 66.4 Å². The summed E-state index contributed by atoms with van der Waals surface area (Å²) in [5.41, 5.74) is 4.57. The van der Waals surface area contributed by atoms with E-state index in [0.717, 1.165) is 48.0 Å². The van der Waals surface area contributed by atoms with E-state index in [1.165, 1.54) is 11.4 Å². The molecule has 3 heterocycles. The Balaban J connectivity index is 1.42. The molecular weight excluding hydrogens is 312 g/mol. The highest BCUT2D eigenvalue weighted by Crippen LogP contribution is 2.29. The summed E-state index contributed by atoms with van der Waals surface area (Å²) >= 11 is 0. The van der Waals surface area contributed by atoms with Crippen molar-refractivity contribution in [2.24, 2.45) is 0 Å². The Labute approximate surface area is 145 Å². The molecular formula is C19H18N6. The molecule has 0 amide bonds. The van der Waals surface area contributed by atoms with Gasteiger partial charge in [0.2, 0.25) is 0 Å². The monoisotopic (exact) mass is 330 g/mol. The van der Waals surface area contributed by atoms with Crippen LogP contribution in [0.3, 0.4) is 0 Å². The average molecular weight is 330 g/mol. The Morgan fingerprint density at radius 3 is 2.36 bits per heavy atom. The van der Waals surface area contributed by atoms with Gasteiger partial charge >= 0.3 is 0 Å². The first kappa shape index (κ1) is 14.2. The third-order valence-corrected chi connectivity index (χ3v) is 4.93. The molecule has 0 spiro atoms. The Kier molecular flexibility index (Phi) is 3.26. The number of aromatic nitrogens is 4. The van der Waals surface area contributed by atoms with Crippen molar-refractivity contribution in [3.63, 3.8) is 0 Å². The molecule has 5 rings (SSSR count). The Morgan fingerprint density at radius 1 is 0.800 bits per heavy atom. The van der Waals surface area contributed by atoms with E-state index in [4.69, 9.17) is 0 Å². The van der Waals surface area contributed by atoms with Crippen LogP contribution in [0.5, 0.6) is 0 Å². The van der Waals surface area contributed by atoms with Crippen molar-refractivity contribution >= 4 is 33.2 Å². The molecule has 1 aliphatic heterocycles. The van der Waals surface area contributed by atoms with Gasteiger partial charge in [-0.3, -0.25) is 5.10 Å². The first-order chi connectivity index (χ1) is 12.4. The normalized spacial score (nSPS) is 15.2. The van der Waals surface area contributed by atoms with Gasteiger partial charge in [-0.15, -0.1) is 0 Å². The van der Waals surface area contributed by atoms with Crippen LogP contribution >= 0.6 is 0 Å². The summed E-state index contributed by atoms with van der Waals surface area (Å²) in [5, 5.41) is 9.55. The maximum absolute atomic E-state index is 4.49. The lowest BCUT2D eigenvalue weighted by Crippen LogP contribution is -2.46. The van der Waals surface area contributed by atoms with Gasteiger partial charge in [0.05, 0.1) is 28.6 Å². The number of nitrogens with one attached hydrogen (secondary N) is 1. The van der Waals surface area contributed by atoms with Crippen molar-refractivity contribution in [1.82, 2.24) is 20.2 Å².